The molecule has 1 heterocycles. The number of rotatable bonds is 0. The van der Waals surface area contributed by atoms with Crippen LogP contribution in [0.5, 0.6) is 0 Å². The summed E-state index contributed by atoms with van der Waals surface area (Å²) in [6.45, 7) is 4.00. The van der Waals surface area contributed by atoms with Crippen LogP contribution in [0, 0.1) is 0 Å². The molecule has 0 radical (unpaired) electrons. The summed E-state index contributed by atoms with van der Waals surface area (Å²) in [5, 5.41) is 1.05. The van der Waals surface area contributed by atoms with Gasteiger partial charge in [-0.1, -0.05) is 35.8 Å². The van der Waals surface area contributed by atoms with Crippen molar-refractivity contribution in [2.75, 3.05) is 5.73 Å². The third kappa shape index (κ3) is 2.04. The lowest BCUT2D eigenvalue weighted by Crippen LogP contribution is -1.88. The van der Waals surface area contributed by atoms with Crippen molar-refractivity contribution in [3.05, 3.63) is 34.9 Å². The minimum atomic E-state index is 0.716. The van der Waals surface area contributed by atoms with Crippen LogP contribution in [-0.2, 0) is 0 Å². The lowest BCUT2D eigenvalue weighted by atomic mass is 10.2. The molecule has 2 rings (SSSR count). The van der Waals surface area contributed by atoms with Crippen LogP contribution >= 0.6 is 15.9 Å². The van der Waals surface area contributed by atoms with Gasteiger partial charge >= 0.3 is 0 Å². The number of hydrogen-bond acceptors (Lipinski definition) is 2. The van der Waals surface area contributed by atoms with Gasteiger partial charge in [-0.3, -0.25) is 4.98 Å². The number of nitrogen functional groups attached to an aromatic ring is 1. The van der Waals surface area contributed by atoms with E-state index in [9.17, 15) is 0 Å². The molecule has 0 aliphatic heterocycles. The molecule has 2 aromatic rings. The van der Waals surface area contributed by atoms with Gasteiger partial charge in [0, 0.05) is 16.1 Å². The van der Waals surface area contributed by atoms with E-state index >= 15 is 0 Å². The molecular weight excluding hydrogens is 240 g/mol. The standard InChI is InChI=1S/C9H7BrN2.C2H6/c10-7-3-4-8(11)9-6(7)2-1-5-12-9;1-2/h1-5H,11H2;1-2H3. The smallest absolute Gasteiger partial charge is 0.0942 e. The van der Waals surface area contributed by atoms with E-state index in [0.717, 1.165) is 15.4 Å². The van der Waals surface area contributed by atoms with Gasteiger partial charge in [-0.05, 0) is 18.2 Å². The number of aromatic nitrogens is 1. The number of benzene rings is 1. The van der Waals surface area contributed by atoms with Crippen molar-refractivity contribution >= 4 is 32.5 Å². The van der Waals surface area contributed by atoms with Gasteiger partial charge in [-0.2, -0.15) is 0 Å². The molecule has 0 amide bonds. The Morgan fingerprint density at radius 2 is 1.93 bits per heavy atom. The molecule has 2 nitrogen and oxygen atoms in total. The van der Waals surface area contributed by atoms with Crippen molar-refractivity contribution < 1.29 is 0 Å². The van der Waals surface area contributed by atoms with Crippen molar-refractivity contribution in [2.45, 2.75) is 13.8 Å². The second-order valence-electron chi connectivity index (χ2n) is 2.54. The van der Waals surface area contributed by atoms with Crippen molar-refractivity contribution in [3.8, 4) is 0 Å². The zero-order valence-electron chi connectivity index (χ0n) is 8.29. The maximum absolute atomic E-state index is 5.74. The summed E-state index contributed by atoms with van der Waals surface area (Å²) in [5.41, 5.74) is 7.31. The molecule has 0 aliphatic carbocycles. The van der Waals surface area contributed by atoms with Crippen LogP contribution in [0.3, 0.4) is 0 Å². The average Bonchev–Trinajstić information content (AvgIpc) is 2.27. The molecule has 0 fully saturated rings. The van der Waals surface area contributed by atoms with Crippen molar-refractivity contribution in [1.82, 2.24) is 4.98 Å². The molecule has 0 unspecified atom stereocenters. The lowest BCUT2D eigenvalue weighted by Gasteiger charge is -2.01. The van der Waals surface area contributed by atoms with E-state index in [4.69, 9.17) is 5.73 Å². The fourth-order valence-electron chi connectivity index (χ4n) is 1.16. The highest BCUT2D eigenvalue weighted by atomic mass is 79.9. The SMILES string of the molecule is CC.Nc1ccc(Br)c2cccnc12. The molecule has 0 spiro atoms. The van der Waals surface area contributed by atoms with Crippen LogP contribution in [0.2, 0.25) is 0 Å². The van der Waals surface area contributed by atoms with Crippen molar-refractivity contribution in [2.24, 2.45) is 0 Å². The fraction of sp³-hybridized carbons (Fsp3) is 0.182. The Labute approximate surface area is 92.3 Å². The minimum Gasteiger partial charge on any atom is -0.397 e. The lowest BCUT2D eigenvalue weighted by molar-refractivity contribution is 1.41. The van der Waals surface area contributed by atoms with Gasteiger partial charge in [-0.25, -0.2) is 0 Å². The summed E-state index contributed by atoms with van der Waals surface area (Å²) in [4.78, 5) is 4.19. The molecule has 1 aromatic carbocycles. The molecule has 2 N–H and O–H groups in total. The molecular formula is C11H13BrN2. The maximum Gasteiger partial charge on any atom is 0.0942 e. The second-order valence-corrected chi connectivity index (χ2v) is 3.39. The topological polar surface area (TPSA) is 38.9 Å². The van der Waals surface area contributed by atoms with E-state index in [1.165, 1.54) is 0 Å². The molecule has 0 atom stereocenters. The number of nitrogens with two attached hydrogens (primary N) is 1. The summed E-state index contributed by atoms with van der Waals surface area (Å²) in [7, 11) is 0. The monoisotopic (exact) mass is 252 g/mol. The fourth-order valence-corrected chi connectivity index (χ4v) is 1.61. The Hall–Kier alpha value is -1.09. The third-order valence-electron chi connectivity index (χ3n) is 1.75. The first-order valence-electron chi connectivity index (χ1n) is 4.58. The van der Waals surface area contributed by atoms with Crippen molar-refractivity contribution in [1.29, 1.82) is 0 Å². The largest absolute Gasteiger partial charge is 0.397 e. The Kier molecular flexibility index (Phi) is 3.89. The number of nitrogens with zero attached hydrogens (tertiary/aromatic N) is 1. The predicted octanol–water partition coefficient (Wildman–Crippen LogP) is 3.61. The van der Waals surface area contributed by atoms with Crippen LogP contribution in [0.25, 0.3) is 10.9 Å². The molecule has 74 valence electrons. The van der Waals surface area contributed by atoms with Gasteiger partial charge in [0.05, 0.1) is 11.2 Å². The minimum absolute atomic E-state index is 0.716. The molecule has 14 heavy (non-hydrogen) atoms. The number of pyridine rings is 1. The van der Waals surface area contributed by atoms with E-state index in [1.54, 1.807) is 6.20 Å². The third-order valence-corrected chi connectivity index (χ3v) is 2.44. The van der Waals surface area contributed by atoms with Crippen molar-refractivity contribution in [3.63, 3.8) is 0 Å². The predicted molar refractivity (Wildman–Crippen MR) is 65.2 cm³/mol. The highest BCUT2D eigenvalue weighted by Crippen LogP contribution is 2.25. The first kappa shape index (κ1) is 11.0. The highest BCUT2D eigenvalue weighted by Gasteiger charge is 2.00. The number of fused-ring (bicyclic) bond motifs is 1. The Morgan fingerprint density at radius 1 is 1.21 bits per heavy atom. The molecule has 0 saturated heterocycles. The molecule has 1 aromatic heterocycles. The summed E-state index contributed by atoms with van der Waals surface area (Å²) >= 11 is 3.44. The molecule has 0 aliphatic rings. The van der Waals surface area contributed by atoms with E-state index < -0.39 is 0 Å². The van der Waals surface area contributed by atoms with Gasteiger partial charge in [-0.15, -0.1) is 0 Å². The van der Waals surface area contributed by atoms with Crippen LogP contribution < -0.4 is 5.73 Å². The number of halogens is 1. The van der Waals surface area contributed by atoms with Gasteiger partial charge in [0.25, 0.3) is 0 Å². The Balaban J connectivity index is 0.000000461. The highest BCUT2D eigenvalue weighted by molar-refractivity contribution is 9.10. The van der Waals surface area contributed by atoms with Crippen LogP contribution in [0.1, 0.15) is 13.8 Å². The van der Waals surface area contributed by atoms with Gasteiger partial charge in [0.2, 0.25) is 0 Å². The summed E-state index contributed by atoms with van der Waals surface area (Å²) < 4.78 is 1.03. The van der Waals surface area contributed by atoms with E-state index in [0.29, 0.717) is 5.69 Å². The van der Waals surface area contributed by atoms with Gasteiger partial charge < -0.3 is 5.73 Å². The van der Waals surface area contributed by atoms with Crippen LogP contribution in [0.4, 0.5) is 5.69 Å². The summed E-state index contributed by atoms with van der Waals surface area (Å²) in [6, 6.07) is 7.66. The summed E-state index contributed by atoms with van der Waals surface area (Å²) in [6.07, 6.45) is 1.74. The van der Waals surface area contributed by atoms with E-state index in [-0.39, 0.29) is 0 Å². The number of hydrogen-bond donors (Lipinski definition) is 1. The van der Waals surface area contributed by atoms with Crippen LogP contribution in [0.15, 0.2) is 34.9 Å². The molecule has 0 bridgehead atoms. The average molecular weight is 253 g/mol. The molecule has 0 saturated carbocycles. The van der Waals surface area contributed by atoms with E-state index in [2.05, 4.69) is 20.9 Å². The van der Waals surface area contributed by atoms with Gasteiger partial charge in [0.1, 0.15) is 0 Å². The Bertz CT molecular complexity index is 386. The Morgan fingerprint density at radius 3 is 2.57 bits per heavy atom. The van der Waals surface area contributed by atoms with Crippen LogP contribution in [-0.4, -0.2) is 4.98 Å². The number of anilines is 1. The second kappa shape index (κ2) is 4.96. The van der Waals surface area contributed by atoms with E-state index in [1.807, 2.05) is 38.1 Å². The first-order valence-corrected chi connectivity index (χ1v) is 5.37. The normalized spacial score (nSPS) is 9.36. The zero-order valence-corrected chi connectivity index (χ0v) is 9.88. The summed E-state index contributed by atoms with van der Waals surface area (Å²) in [5.74, 6) is 0. The maximum atomic E-state index is 5.74. The quantitative estimate of drug-likeness (QED) is 0.728. The zero-order chi connectivity index (χ0) is 10.6. The van der Waals surface area contributed by atoms with Gasteiger partial charge in [0.15, 0.2) is 0 Å². The molecule has 3 heteroatoms. The first-order chi connectivity index (χ1) is 6.79.